The highest BCUT2D eigenvalue weighted by atomic mass is 35.5. The van der Waals surface area contributed by atoms with Crippen LogP contribution in [0.1, 0.15) is 30.9 Å². The van der Waals surface area contributed by atoms with Crippen LogP contribution in [-0.2, 0) is 31.4 Å². The molecule has 7 heteroatoms. The number of hydrogen-bond donors (Lipinski definition) is 1. The van der Waals surface area contributed by atoms with Crippen LogP contribution >= 0.6 is 11.6 Å². The number of halogens is 1. The van der Waals surface area contributed by atoms with Gasteiger partial charge in [-0.15, -0.1) is 0 Å². The van der Waals surface area contributed by atoms with Crippen molar-refractivity contribution < 1.29 is 4.74 Å². The van der Waals surface area contributed by atoms with Gasteiger partial charge in [0.2, 0.25) is 0 Å². The van der Waals surface area contributed by atoms with Gasteiger partial charge in [0, 0.05) is 38.0 Å². The van der Waals surface area contributed by atoms with Crippen LogP contribution in [0.25, 0.3) is 0 Å². The molecule has 0 amide bonds. The Hall–Kier alpha value is -1.66. The zero-order valence-electron chi connectivity index (χ0n) is 12.6. The lowest BCUT2D eigenvalue weighted by atomic mass is 10.2. The second kappa shape index (κ2) is 7.38. The molecular formula is C14H20ClN5O. The van der Waals surface area contributed by atoms with E-state index in [1.165, 1.54) is 0 Å². The van der Waals surface area contributed by atoms with Crippen LogP contribution in [0.2, 0.25) is 5.15 Å². The first-order valence-electron chi connectivity index (χ1n) is 6.98. The molecule has 2 aromatic heterocycles. The summed E-state index contributed by atoms with van der Waals surface area (Å²) in [7, 11) is 1.92. The average molecular weight is 310 g/mol. The summed E-state index contributed by atoms with van der Waals surface area (Å²) in [6.07, 6.45) is 2.91. The molecule has 0 radical (unpaired) electrons. The number of ether oxygens (including phenoxy) is 1. The molecule has 0 aliphatic heterocycles. The normalized spacial score (nSPS) is 10.9. The Bertz CT molecular complexity index is 599. The third-order valence-corrected chi connectivity index (χ3v) is 3.16. The molecule has 0 aliphatic carbocycles. The van der Waals surface area contributed by atoms with Crippen molar-refractivity contribution in [2.45, 2.75) is 33.4 Å². The highest BCUT2D eigenvalue weighted by Gasteiger charge is 2.07. The van der Waals surface area contributed by atoms with Gasteiger partial charge in [-0.2, -0.15) is 5.10 Å². The molecular weight excluding hydrogens is 290 g/mol. The van der Waals surface area contributed by atoms with E-state index in [0.29, 0.717) is 36.6 Å². The Balaban J connectivity index is 2.06. The molecule has 0 saturated carbocycles. The maximum atomic E-state index is 6.01. The number of nitrogens with one attached hydrogen (secondary N) is 1. The summed E-state index contributed by atoms with van der Waals surface area (Å²) >= 11 is 6.01. The number of hydrogen-bond acceptors (Lipinski definition) is 5. The zero-order valence-corrected chi connectivity index (χ0v) is 13.3. The molecule has 0 aromatic carbocycles. The van der Waals surface area contributed by atoms with Crippen molar-refractivity contribution in [3.63, 3.8) is 0 Å². The summed E-state index contributed by atoms with van der Waals surface area (Å²) in [6.45, 7) is 5.65. The van der Waals surface area contributed by atoms with Gasteiger partial charge in [0.05, 0.1) is 5.69 Å². The van der Waals surface area contributed by atoms with Gasteiger partial charge >= 0.3 is 0 Å². The number of anilines is 1. The summed E-state index contributed by atoms with van der Waals surface area (Å²) in [5.41, 5.74) is 2.24. The minimum absolute atomic E-state index is 0.360. The van der Waals surface area contributed by atoms with Crippen molar-refractivity contribution >= 4 is 17.4 Å². The fourth-order valence-electron chi connectivity index (χ4n) is 2.03. The van der Waals surface area contributed by atoms with Gasteiger partial charge in [-0.25, -0.2) is 9.97 Å². The van der Waals surface area contributed by atoms with E-state index >= 15 is 0 Å². The molecule has 6 nitrogen and oxygen atoms in total. The topological polar surface area (TPSA) is 64.9 Å². The van der Waals surface area contributed by atoms with Crippen molar-refractivity contribution in [2.75, 3.05) is 11.9 Å². The highest BCUT2D eigenvalue weighted by Crippen LogP contribution is 2.15. The van der Waals surface area contributed by atoms with Crippen LogP contribution in [0.5, 0.6) is 0 Å². The van der Waals surface area contributed by atoms with E-state index in [1.54, 1.807) is 6.07 Å². The average Bonchev–Trinajstić information content (AvgIpc) is 2.82. The van der Waals surface area contributed by atoms with Crippen molar-refractivity contribution in [3.8, 4) is 0 Å². The molecule has 0 fully saturated rings. The minimum atomic E-state index is 0.360. The van der Waals surface area contributed by atoms with Gasteiger partial charge < -0.3 is 10.1 Å². The van der Waals surface area contributed by atoms with E-state index in [1.807, 2.05) is 24.9 Å². The lowest BCUT2D eigenvalue weighted by molar-refractivity contribution is 0.128. The summed E-state index contributed by atoms with van der Waals surface area (Å²) in [5, 5.41) is 8.08. The monoisotopic (exact) mass is 309 g/mol. The van der Waals surface area contributed by atoms with Crippen molar-refractivity contribution in [1.82, 2.24) is 19.7 Å². The third-order valence-electron chi connectivity index (χ3n) is 2.96. The van der Waals surface area contributed by atoms with Crippen LogP contribution in [0.15, 0.2) is 12.3 Å². The van der Waals surface area contributed by atoms with Crippen LogP contribution in [0.3, 0.4) is 0 Å². The standard InChI is InChI=1S/C14H20ClN5O/c1-4-11-10(8-20(3)19-11)7-16-13-6-12(15)17-14(18-13)9-21-5-2/h6,8H,4-5,7,9H2,1-3H3,(H,16,17,18). The largest absolute Gasteiger partial charge is 0.374 e. The summed E-state index contributed by atoms with van der Waals surface area (Å²) < 4.78 is 7.13. The van der Waals surface area contributed by atoms with E-state index in [9.17, 15) is 0 Å². The first-order chi connectivity index (χ1) is 10.1. The fraction of sp³-hybridized carbons (Fsp3) is 0.500. The van der Waals surface area contributed by atoms with Gasteiger partial charge in [0.1, 0.15) is 17.6 Å². The Morgan fingerprint density at radius 1 is 1.33 bits per heavy atom. The van der Waals surface area contributed by atoms with Gasteiger partial charge in [0.25, 0.3) is 0 Å². The summed E-state index contributed by atoms with van der Waals surface area (Å²) in [4.78, 5) is 8.53. The van der Waals surface area contributed by atoms with Gasteiger partial charge in [-0.1, -0.05) is 18.5 Å². The Kier molecular flexibility index (Phi) is 5.52. The molecule has 114 valence electrons. The van der Waals surface area contributed by atoms with Crippen LogP contribution in [0, 0.1) is 0 Å². The van der Waals surface area contributed by atoms with Crippen molar-refractivity contribution in [1.29, 1.82) is 0 Å². The first-order valence-corrected chi connectivity index (χ1v) is 7.36. The second-order valence-corrected chi connectivity index (χ2v) is 5.00. The molecule has 2 rings (SSSR count). The Labute approximate surface area is 129 Å². The predicted octanol–water partition coefficient (Wildman–Crippen LogP) is 2.57. The minimum Gasteiger partial charge on any atom is -0.374 e. The zero-order chi connectivity index (χ0) is 15.2. The molecule has 0 saturated heterocycles. The lowest BCUT2D eigenvalue weighted by Gasteiger charge is -2.08. The lowest BCUT2D eigenvalue weighted by Crippen LogP contribution is -2.06. The molecule has 0 spiro atoms. The summed E-state index contributed by atoms with van der Waals surface area (Å²) in [6, 6.07) is 1.71. The second-order valence-electron chi connectivity index (χ2n) is 4.61. The maximum absolute atomic E-state index is 6.01. The van der Waals surface area contributed by atoms with E-state index in [-0.39, 0.29) is 0 Å². The third kappa shape index (κ3) is 4.41. The fourth-order valence-corrected chi connectivity index (χ4v) is 2.23. The molecule has 0 atom stereocenters. The number of rotatable bonds is 7. The SMILES string of the molecule is CCOCc1nc(Cl)cc(NCc2cn(C)nc2CC)n1. The van der Waals surface area contributed by atoms with Crippen LogP contribution in [-0.4, -0.2) is 26.4 Å². The van der Waals surface area contributed by atoms with Gasteiger partial charge in [0.15, 0.2) is 5.82 Å². The molecule has 21 heavy (non-hydrogen) atoms. The number of nitrogens with zero attached hydrogens (tertiary/aromatic N) is 4. The van der Waals surface area contributed by atoms with E-state index < -0.39 is 0 Å². The molecule has 2 aromatic rings. The highest BCUT2D eigenvalue weighted by molar-refractivity contribution is 6.29. The number of aryl methyl sites for hydroxylation is 2. The molecule has 2 heterocycles. The van der Waals surface area contributed by atoms with Gasteiger partial charge in [-0.05, 0) is 13.3 Å². The van der Waals surface area contributed by atoms with Crippen LogP contribution < -0.4 is 5.32 Å². The van der Waals surface area contributed by atoms with Gasteiger partial charge in [-0.3, -0.25) is 4.68 Å². The first kappa shape index (κ1) is 15.7. The van der Waals surface area contributed by atoms with Crippen molar-refractivity contribution in [3.05, 3.63) is 34.5 Å². The van der Waals surface area contributed by atoms with Crippen LogP contribution in [0.4, 0.5) is 5.82 Å². The summed E-state index contributed by atoms with van der Waals surface area (Å²) in [5.74, 6) is 1.27. The molecule has 0 bridgehead atoms. The van der Waals surface area contributed by atoms with Crippen molar-refractivity contribution in [2.24, 2.45) is 7.05 Å². The van der Waals surface area contributed by atoms with E-state index in [2.05, 4.69) is 27.3 Å². The Morgan fingerprint density at radius 3 is 2.86 bits per heavy atom. The molecule has 0 aliphatic rings. The maximum Gasteiger partial charge on any atom is 0.158 e. The quantitative estimate of drug-likeness (QED) is 0.796. The molecule has 0 unspecified atom stereocenters. The Morgan fingerprint density at radius 2 is 2.14 bits per heavy atom. The molecule has 1 N–H and O–H groups in total. The number of aromatic nitrogens is 4. The van der Waals surface area contributed by atoms with E-state index in [0.717, 1.165) is 17.7 Å². The smallest absolute Gasteiger partial charge is 0.158 e. The predicted molar refractivity (Wildman–Crippen MR) is 82.3 cm³/mol. The van der Waals surface area contributed by atoms with E-state index in [4.69, 9.17) is 16.3 Å².